The van der Waals surface area contributed by atoms with Gasteiger partial charge in [0.25, 0.3) is 0 Å². The van der Waals surface area contributed by atoms with Gasteiger partial charge in [0, 0.05) is 12.5 Å². The zero-order valence-corrected chi connectivity index (χ0v) is 13.8. The Morgan fingerprint density at radius 2 is 2.17 bits per heavy atom. The Kier molecular flexibility index (Phi) is 5.03. The number of aliphatic hydroxyl groups is 1. The SMILES string of the molecule is Cc1cccc(OCC(O)CNCc2ccc(C3CC3C)o2)c1. The molecule has 1 fully saturated rings. The van der Waals surface area contributed by atoms with Crippen LogP contribution in [0.15, 0.2) is 40.8 Å². The summed E-state index contributed by atoms with van der Waals surface area (Å²) < 4.78 is 11.4. The molecule has 2 N–H and O–H groups in total. The van der Waals surface area contributed by atoms with Gasteiger partial charge in [0.1, 0.15) is 30.0 Å². The quantitative estimate of drug-likeness (QED) is 0.785. The molecule has 0 bridgehead atoms. The summed E-state index contributed by atoms with van der Waals surface area (Å²) in [5, 5.41) is 13.2. The van der Waals surface area contributed by atoms with Crippen LogP contribution in [0.5, 0.6) is 5.75 Å². The van der Waals surface area contributed by atoms with Gasteiger partial charge in [-0.3, -0.25) is 0 Å². The van der Waals surface area contributed by atoms with Crippen molar-refractivity contribution in [2.45, 2.75) is 38.8 Å². The zero-order chi connectivity index (χ0) is 16.2. The van der Waals surface area contributed by atoms with Crippen LogP contribution in [0.2, 0.25) is 0 Å². The second kappa shape index (κ2) is 7.20. The Balaban J connectivity index is 1.36. The highest BCUT2D eigenvalue weighted by Gasteiger charge is 2.36. The highest BCUT2D eigenvalue weighted by molar-refractivity contribution is 5.27. The number of ether oxygens (including phenoxy) is 1. The smallest absolute Gasteiger partial charge is 0.119 e. The van der Waals surface area contributed by atoms with Crippen molar-refractivity contribution in [1.82, 2.24) is 5.32 Å². The summed E-state index contributed by atoms with van der Waals surface area (Å²) in [5.74, 6) is 4.17. The summed E-state index contributed by atoms with van der Waals surface area (Å²) in [7, 11) is 0. The van der Waals surface area contributed by atoms with Crippen LogP contribution >= 0.6 is 0 Å². The van der Waals surface area contributed by atoms with Gasteiger partial charge in [-0.15, -0.1) is 0 Å². The summed E-state index contributed by atoms with van der Waals surface area (Å²) in [6.07, 6.45) is 0.684. The summed E-state index contributed by atoms with van der Waals surface area (Å²) in [5.41, 5.74) is 1.15. The van der Waals surface area contributed by atoms with E-state index in [0.29, 0.717) is 19.0 Å². The minimum absolute atomic E-state index is 0.277. The summed E-state index contributed by atoms with van der Waals surface area (Å²) in [6.45, 7) is 5.64. The first-order valence-electron chi connectivity index (χ1n) is 8.28. The van der Waals surface area contributed by atoms with E-state index in [1.807, 2.05) is 37.3 Å². The van der Waals surface area contributed by atoms with E-state index in [0.717, 1.165) is 28.8 Å². The molecule has 3 atom stereocenters. The van der Waals surface area contributed by atoms with Gasteiger partial charge in [-0.05, 0) is 49.1 Å². The number of nitrogens with one attached hydrogen (secondary N) is 1. The van der Waals surface area contributed by atoms with E-state index in [-0.39, 0.29) is 6.61 Å². The molecular formula is C19H25NO3. The molecule has 0 radical (unpaired) electrons. The maximum atomic E-state index is 9.98. The van der Waals surface area contributed by atoms with Crippen molar-refractivity contribution < 1.29 is 14.3 Å². The first-order chi connectivity index (χ1) is 11.1. The molecule has 0 spiro atoms. The van der Waals surface area contributed by atoms with Gasteiger partial charge < -0.3 is 19.6 Å². The van der Waals surface area contributed by atoms with Crippen LogP contribution in [0.25, 0.3) is 0 Å². The number of rotatable bonds is 8. The molecule has 3 rings (SSSR count). The van der Waals surface area contributed by atoms with Crippen LogP contribution in [-0.2, 0) is 6.54 Å². The van der Waals surface area contributed by atoms with Crippen molar-refractivity contribution in [3.8, 4) is 5.75 Å². The van der Waals surface area contributed by atoms with Crippen LogP contribution in [-0.4, -0.2) is 24.4 Å². The number of furan rings is 1. The van der Waals surface area contributed by atoms with Gasteiger partial charge in [0.2, 0.25) is 0 Å². The Hall–Kier alpha value is -1.78. The molecule has 124 valence electrons. The van der Waals surface area contributed by atoms with E-state index in [1.165, 1.54) is 6.42 Å². The predicted molar refractivity (Wildman–Crippen MR) is 89.6 cm³/mol. The molecule has 23 heavy (non-hydrogen) atoms. The second-order valence-electron chi connectivity index (χ2n) is 6.54. The van der Waals surface area contributed by atoms with Gasteiger partial charge in [0.15, 0.2) is 0 Å². The highest BCUT2D eigenvalue weighted by Crippen LogP contribution is 2.47. The lowest BCUT2D eigenvalue weighted by Gasteiger charge is -2.13. The van der Waals surface area contributed by atoms with Crippen molar-refractivity contribution in [2.75, 3.05) is 13.2 Å². The van der Waals surface area contributed by atoms with Crippen LogP contribution in [0.4, 0.5) is 0 Å². The van der Waals surface area contributed by atoms with Crippen LogP contribution < -0.4 is 10.1 Å². The topological polar surface area (TPSA) is 54.6 Å². The maximum absolute atomic E-state index is 9.98. The first kappa shape index (κ1) is 16.1. The second-order valence-corrected chi connectivity index (χ2v) is 6.54. The normalized spacial score (nSPS) is 21.2. The number of aryl methyl sites for hydroxylation is 1. The summed E-state index contributed by atoms with van der Waals surface area (Å²) >= 11 is 0. The average Bonchev–Trinajstić information content (AvgIpc) is 3.07. The molecule has 1 aromatic carbocycles. The average molecular weight is 315 g/mol. The molecular weight excluding hydrogens is 290 g/mol. The third-order valence-corrected chi connectivity index (χ3v) is 4.27. The minimum Gasteiger partial charge on any atom is -0.491 e. The Morgan fingerprint density at radius 3 is 2.91 bits per heavy atom. The van der Waals surface area contributed by atoms with E-state index in [1.54, 1.807) is 0 Å². The Bertz CT molecular complexity index is 637. The maximum Gasteiger partial charge on any atom is 0.119 e. The Morgan fingerprint density at radius 1 is 1.35 bits per heavy atom. The molecule has 1 aliphatic rings. The third-order valence-electron chi connectivity index (χ3n) is 4.27. The van der Waals surface area contributed by atoms with E-state index in [4.69, 9.17) is 9.15 Å². The predicted octanol–water partition coefficient (Wildman–Crippen LogP) is 3.24. The Labute approximate surface area is 137 Å². The molecule has 4 nitrogen and oxygen atoms in total. The lowest BCUT2D eigenvalue weighted by Crippen LogP contribution is -2.31. The van der Waals surface area contributed by atoms with Gasteiger partial charge >= 0.3 is 0 Å². The van der Waals surface area contributed by atoms with Crippen molar-refractivity contribution in [3.05, 3.63) is 53.5 Å². The van der Waals surface area contributed by atoms with Crippen molar-refractivity contribution in [3.63, 3.8) is 0 Å². The number of aliphatic hydroxyl groups excluding tert-OH is 1. The first-order valence-corrected chi connectivity index (χ1v) is 8.28. The molecule has 1 heterocycles. The van der Waals surface area contributed by atoms with E-state index in [2.05, 4.69) is 18.3 Å². The minimum atomic E-state index is -0.548. The van der Waals surface area contributed by atoms with Crippen LogP contribution in [0, 0.1) is 12.8 Å². The summed E-state index contributed by atoms with van der Waals surface area (Å²) in [6, 6.07) is 11.9. The molecule has 3 unspecified atom stereocenters. The monoisotopic (exact) mass is 315 g/mol. The largest absolute Gasteiger partial charge is 0.491 e. The van der Waals surface area contributed by atoms with Gasteiger partial charge in [0.05, 0.1) is 6.54 Å². The fourth-order valence-electron chi connectivity index (χ4n) is 2.73. The van der Waals surface area contributed by atoms with Gasteiger partial charge in [-0.2, -0.15) is 0 Å². The lowest BCUT2D eigenvalue weighted by atomic mass is 10.2. The van der Waals surface area contributed by atoms with Gasteiger partial charge in [-0.1, -0.05) is 19.1 Å². The van der Waals surface area contributed by atoms with Crippen LogP contribution in [0.1, 0.15) is 36.3 Å². The standard InChI is InChI=1S/C19H25NO3/c1-13-4-3-5-16(8-13)22-12-15(21)10-20-11-17-6-7-19(23-17)18-9-14(18)2/h3-8,14-15,18,20-21H,9-12H2,1-2H3. The number of hydrogen-bond acceptors (Lipinski definition) is 4. The molecule has 1 aliphatic carbocycles. The van der Waals surface area contributed by atoms with Gasteiger partial charge in [-0.25, -0.2) is 0 Å². The number of benzene rings is 1. The number of hydrogen-bond donors (Lipinski definition) is 2. The van der Waals surface area contributed by atoms with E-state index >= 15 is 0 Å². The molecule has 1 saturated carbocycles. The van der Waals surface area contributed by atoms with E-state index in [9.17, 15) is 5.11 Å². The van der Waals surface area contributed by atoms with Crippen molar-refractivity contribution >= 4 is 0 Å². The zero-order valence-electron chi connectivity index (χ0n) is 13.8. The highest BCUT2D eigenvalue weighted by atomic mass is 16.5. The fourth-order valence-corrected chi connectivity index (χ4v) is 2.73. The van der Waals surface area contributed by atoms with E-state index < -0.39 is 6.10 Å². The molecule has 0 aliphatic heterocycles. The third kappa shape index (κ3) is 4.60. The summed E-state index contributed by atoms with van der Waals surface area (Å²) in [4.78, 5) is 0. The fraction of sp³-hybridized carbons (Fsp3) is 0.474. The van der Waals surface area contributed by atoms with Crippen LogP contribution in [0.3, 0.4) is 0 Å². The lowest BCUT2D eigenvalue weighted by molar-refractivity contribution is 0.105. The van der Waals surface area contributed by atoms with Crippen molar-refractivity contribution in [1.29, 1.82) is 0 Å². The molecule has 0 saturated heterocycles. The molecule has 2 aromatic rings. The van der Waals surface area contributed by atoms with Crippen molar-refractivity contribution in [2.24, 2.45) is 5.92 Å². The molecule has 1 aromatic heterocycles. The molecule has 4 heteroatoms. The molecule has 0 amide bonds.